The van der Waals surface area contributed by atoms with Crippen LogP contribution in [0.25, 0.3) is 0 Å². The van der Waals surface area contributed by atoms with Gasteiger partial charge in [0.2, 0.25) is 0 Å². The Morgan fingerprint density at radius 2 is 2.05 bits per heavy atom. The lowest BCUT2D eigenvalue weighted by molar-refractivity contribution is 0.339. The van der Waals surface area contributed by atoms with E-state index in [1.807, 2.05) is 30.8 Å². The minimum atomic E-state index is 0.135. The molecule has 4 nitrogen and oxygen atoms in total. The second kappa shape index (κ2) is 6.76. The van der Waals surface area contributed by atoms with Crippen molar-refractivity contribution >= 4 is 0 Å². The molecule has 4 heteroatoms. The van der Waals surface area contributed by atoms with Crippen molar-refractivity contribution in [2.75, 3.05) is 13.2 Å². The van der Waals surface area contributed by atoms with Crippen molar-refractivity contribution in [2.24, 2.45) is 12.8 Å². The van der Waals surface area contributed by atoms with Crippen molar-refractivity contribution in [3.05, 3.63) is 47.3 Å². The molecule has 1 aromatic heterocycles. The van der Waals surface area contributed by atoms with Crippen LogP contribution in [0.5, 0.6) is 5.75 Å². The van der Waals surface area contributed by atoms with E-state index in [0.717, 1.165) is 17.1 Å². The second-order valence-corrected chi connectivity index (χ2v) is 5.57. The van der Waals surface area contributed by atoms with E-state index in [2.05, 4.69) is 37.1 Å². The van der Waals surface area contributed by atoms with E-state index in [0.29, 0.717) is 19.1 Å². The third-order valence-electron chi connectivity index (χ3n) is 3.69. The van der Waals surface area contributed by atoms with Gasteiger partial charge >= 0.3 is 0 Å². The molecule has 0 amide bonds. The molecule has 2 rings (SSSR count). The van der Waals surface area contributed by atoms with Crippen molar-refractivity contribution in [1.29, 1.82) is 0 Å². The summed E-state index contributed by atoms with van der Waals surface area (Å²) in [6, 6.07) is 10.3. The SMILES string of the molecule is CCOc1cccc(C(CN)c2cc(C(C)C)nn2C)c1. The van der Waals surface area contributed by atoms with E-state index in [1.54, 1.807) is 0 Å². The summed E-state index contributed by atoms with van der Waals surface area (Å²) < 4.78 is 7.53. The average Bonchev–Trinajstić information content (AvgIpc) is 2.83. The molecule has 0 spiro atoms. The zero-order valence-electron chi connectivity index (χ0n) is 13.3. The lowest BCUT2D eigenvalue weighted by Gasteiger charge is -2.16. The van der Waals surface area contributed by atoms with Crippen LogP contribution in [0.1, 0.15) is 49.6 Å². The van der Waals surface area contributed by atoms with Crippen LogP contribution in [0.2, 0.25) is 0 Å². The largest absolute Gasteiger partial charge is 0.494 e. The van der Waals surface area contributed by atoms with Crippen LogP contribution in [0.3, 0.4) is 0 Å². The van der Waals surface area contributed by atoms with Gasteiger partial charge in [-0.25, -0.2) is 0 Å². The van der Waals surface area contributed by atoms with E-state index >= 15 is 0 Å². The van der Waals surface area contributed by atoms with Gasteiger partial charge in [-0.1, -0.05) is 26.0 Å². The topological polar surface area (TPSA) is 53.1 Å². The van der Waals surface area contributed by atoms with E-state index in [9.17, 15) is 0 Å². The molecule has 1 aromatic carbocycles. The Kier molecular flexibility index (Phi) is 5.02. The Bertz CT molecular complexity index is 589. The average molecular weight is 287 g/mol. The summed E-state index contributed by atoms with van der Waals surface area (Å²) in [5, 5.41) is 4.59. The van der Waals surface area contributed by atoms with Gasteiger partial charge in [-0.2, -0.15) is 5.10 Å². The molecule has 0 saturated heterocycles. The fraction of sp³-hybridized carbons (Fsp3) is 0.471. The highest BCUT2D eigenvalue weighted by atomic mass is 16.5. The van der Waals surface area contributed by atoms with E-state index < -0.39 is 0 Å². The monoisotopic (exact) mass is 287 g/mol. The molecule has 1 atom stereocenters. The molecular weight excluding hydrogens is 262 g/mol. The first-order valence-electron chi connectivity index (χ1n) is 7.53. The van der Waals surface area contributed by atoms with Gasteiger partial charge in [-0.05, 0) is 36.6 Å². The predicted octanol–water partition coefficient (Wildman–Crippen LogP) is 3.03. The van der Waals surface area contributed by atoms with E-state index in [4.69, 9.17) is 10.5 Å². The van der Waals surface area contributed by atoms with Crippen molar-refractivity contribution < 1.29 is 4.74 Å². The second-order valence-electron chi connectivity index (χ2n) is 5.57. The van der Waals surface area contributed by atoms with Gasteiger partial charge in [-0.15, -0.1) is 0 Å². The Morgan fingerprint density at radius 1 is 1.29 bits per heavy atom. The number of rotatable bonds is 6. The molecule has 2 N–H and O–H groups in total. The first-order valence-corrected chi connectivity index (χ1v) is 7.53. The molecular formula is C17H25N3O. The lowest BCUT2D eigenvalue weighted by Crippen LogP contribution is -2.17. The number of hydrogen-bond donors (Lipinski definition) is 1. The summed E-state index contributed by atoms with van der Waals surface area (Å²) in [5.41, 5.74) is 9.45. The Hall–Kier alpha value is -1.81. The van der Waals surface area contributed by atoms with Crippen molar-refractivity contribution in [3.8, 4) is 5.75 Å². The number of aryl methyl sites for hydroxylation is 1. The zero-order valence-corrected chi connectivity index (χ0v) is 13.3. The first kappa shape index (κ1) is 15.6. The molecule has 0 aliphatic heterocycles. The summed E-state index contributed by atoms with van der Waals surface area (Å²) in [6.45, 7) is 7.51. The van der Waals surface area contributed by atoms with Gasteiger partial charge in [0.15, 0.2) is 0 Å². The van der Waals surface area contributed by atoms with Gasteiger partial charge in [0.25, 0.3) is 0 Å². The molecule has 0 fully saturated rings. The highest BCUT2D eigenvalue weighted by Gasteiger charge is 2.19. The van der Waals surface area contributed by atoms with Crippen LogP contribution < -0.4 is 10.5 Å². The molecule has 114 valence electrons. The fourth-order valence-electron chi connectivity index (χ4n) is 2.53. The van der Waals surface area contributed by atoms with Crippen LogP contribution >= 0.6 is 0 Å². The Balaban J connectivity index is 2.37. The molecule has 21 heavy (non-hydrogen) atoms. The number of hydrogen-bond acceptors (Lipinski definition) is 3. The highest BCUT2D eigenvalue weighted by Crippen LogP contribution is 2.28. The first-order chi connectivity index (χ1) is 10.1. The standard InChI is InChI=1S/C17H25N3O/c1-5-21-14-8-6-7-13(9-14)15(11-18)17-10-16(12(2)3)19-20(17)4/h6-10,12,15H,5,11,18H2,1-4H3. The fourth-order valence-corrected chi connectivity index (χ4v) is 2.53. The summed E-state index contributed by atoms with van der Waals surface area (Å²) in [5.74, 6) is 1.44. The zero-order chi connectivity index (χ0) is 15.4. The van der Waals surface area contributed by atoms with Gasteiger partial charge in [0.05, 0.1) is 12.3 Å². The van der Waals surface area contributed by atoms with Crippen molar-refractivity contribution in [1.82, 2.24) is 9.78 Å². The van der Waals surface area contributed by atoms with Gasteiger partial charge in [0.1, 0.15) is 5.75 Å². The number of benzene rings is 1. The summed E-state index contributed by atoms with van der Waals surface area (Å²) in [4.78, 5) is 0. The van der Waals surface area contributed by atoms with Crippen molar-refractivity contribution in [2.45, 2.75) is 32.6 Å². The quantitative estimate of drug-likeness (QED) is 0.888. The number of nitrogens with zero attached hydrogens (tertiary/aromatic N) is 2. The predicted molar refractivity (Wildman–Crippen MR) is 85.8 cm³/mol. The molecule has 0 bridgehead atoms. The molecule has 2 aromatic rings. The molecule has 1 heterocycles. The molecule has 0 saturated carbocycles. The Labute approximate surface area is 126 Å². The minimum Gasteiger partial charge on any atom is -0.494 e. The van der Waals surface area contributed by atoms with Crippen LogP contribution in [0, 0.1) is 0 Å². The van der Waals surface area contributed by atoms with Crippen LogP contribution in [0.15, 0.2) is 30.3 Å². The third-order valence-corrected chi connectivity index (χ3v) is 3.69. The third kappa shape index (κ3) is 3.45. The normalized spacial score (nSPS) is 12.7. The van der Waals surface area contributed by atoms with Gasteiger partial charge < -0.3 is 10.5 Å². The van der Waals surface area contributed by atoms with Gasteiger partial charge in [-0.3, -0.25) is 4.68 Å². The van der Waals surface area contributed by atoms with Crippen LogP contribution in [-0.2, 0) is 7.05 Å². The summed E-state index contributed by atoms with van der Waals surface area (Å²) >= 11 is 0. The molecule has 0 aliphatic rings. The number of nitrogens with two attached hydrogens (primary N) is 1. The van der Waals surface area contributed by atoms with E-state index in [1.165, 1.54) is 5.56 Å². The van der Waals surface area contributed by atoms with Gasteiger partial charge in [0, 0.05) is 25.2 Å². The maximum Gasteiger partial charge on any atom is 0.119 e. The maximum atomic E-state index is 6.03. The van der Waals surface area contributed by atoms with Crippen LogP contribution in [-0.4, -0.2) is 22.9 Å². The summed E-state index contributed by atoms with van der Waals surface area (Å²) in [6.07, 6.45) is 0. The van der Waals surface area contributed by atoms with Crippen LogP contribution in [0.4, 0.5) is 0 Å². The Morgan fingerprint density at radius 3 is 2.62 bits per heavy atom. The lowest BCUT2D eigenvalue weighted by atomic mass is 9.94. The molecule has 0 aliphatic carbocycles. The van der Waals surface area contributed by atoms with E-state index in [-0.39, 0.29) is 5.92 Å². The minimum absolute atomic E-state index is 0.135. The molecule has 1 unspecified atom stereocenters. The smallest absolute Gasteiger partial charge is 0.119 e. The molecule has 0 radical (unpaired) electrons. The number of ether oxygens (including phenoxy) is 1. The number of aromatic nitrogens is 2. The van der Waals surface area contributed by atoms with Crippen molar-refractivity contribution in [3.63, 3.8) is 0 Å². The summed E-state index contributed by atoms with van der Waals surface area (Å²) in [7, 11) is 1.98. The highest BCUT2D eigenvalue weighted by molar-refractivity contribution is 5.36. The maximum absolute atomic E-state index is 6.03.